The molecule has 1 nitrogen and oxygen atoms in total. The maximum atomic E-state index is 12.9. The van der Waals surface area contributed by atoms with Crippen molar-refractivity contribution in [3.05, 3.63) is 32.6 Å². The van der Waals surface area contributed by atoms with Crippen LogP contribution in [0.3, 0.4) is 0 Å². The smallest absolute Gasteiger partial charge is 0.136 e. The van der Waals surface area contributed by atoms with Gasteiger partial charge in [0.25, 0.3) is 0 Å². The molecule has 0 spiro atoms. The standard InChI is InChI=1S/C8H7FIN/c9-7-1-5-3-11-4-6(5)2-8(7)10/h1-2,11H,3-4H2. The summed E-state index contributed by atoms with van der Waals surface area (Å²) >= 11 is 2.01. The number of nitrogens with one attached hydrogen (secondary N) is 1. The van der Waals surface area contributed by atoms with Crippen LogP contribution in [0.1, 0.15) is 11.1 Å². The van der Waals surface area contributed by atoms with Gasteiger partial charge in [0.05, 0.1) is 0 Å². The van der Waals surface area contributed by atoms with E-state index in [0.717, 1.165) is 18.7 Å². The highest BCUT2D eigenvalue weighted by molar-refractivity contribution is 14.1. The Morgan fingerprint density at radius 2 is 1.91 bits per heavy atom. The minimum absolute atomic E-state index is 0.104. The minimum Gasteiger partial charge on any atom is -0.309 e. The van der Waals surface area contributed by atoms with E-state index in [0.29, 0.717) is 3.57 Å². The Bertz CT molecular complexity index is 269. The molecule has 1 aromatic rings. The summed E-state index contributed by atoms with van der Waals surface area (Å²) in [4.78, 5) is 0. The summed E-state index contributed by atoms with van der Waals surface area (Å²) in [6, 6.07) is 3.53. The zero-order valence-corrected chi connectivity index (χ0v) is 7.98. The second-order valence-electron chi connectivity index (χ2n) is 2.64. The zero-order valence-electron chi connectivity index (χ0n) is 5.82. The van der Waals surface area contributed by atoms with E-state index in [1.165, 1.54) is 5.56 Å². The summed E-state index contributed by atoms with van der Waals surface area (Å²) in [5, 5.41) is 3.17. The molecule has 3 heteroatoms. The predicted molar refractivity (Wildman–Crippen MR) is 49.7 cm³/mol. The fraction of sp³-hybridized carbons (Fsp3) is 0.250. The number of benzene rings is 1. The molecule has 1 heterocycles. The Labute approximate surface area is 78.1 Å². The molecule has 0 radical (unpaired) electrons. The highest BCUT2D eigenvalue weighted by Crippen LogP contribution is 2.20. The number of hydrogen-bond donors (Lipinski definition) is 1. The normalized spacial score (nSPS) is 15.1. The molecule has 0 fully saturated rings. The lowest BCUT2D eigenvalue weighted by Crippen LogP contribution is -1.99. The highest BCUT2D eigenvalue weighted by atomic mass is 127. The second kappa shape index (κ2) is 2.71. The van der Waals surface area contributed by atoms with Gasteiger partial charge in [0.1, 0.15) is 5.82 Å². The average molecular weight is 263 g/mol. The maximum absolute atomic E-state index is 12.9. The Balaban J connectivity index is 2.57. The summed E-state index contributed by atoms with van der Waals surface area (Å²) in [6.07, 6.45) is 0. The third kappa shape index (κ3) is 1.27. The van der Waals surface area contributed by atoms with Crippen LogP contribution in [0.15, 0.2) is 12.1 Å². The largest absolute Gasteiger partial charge is 0.309 e. The monoisotopic (exact) mass is 263 g/mol. The van der Waals surface area contributed by atoms with Crippen molar-refractivity contribution in [3.63, 3.8) is 0 Å². The van der Waals surface area contributed by atoms with Gasteiger partial charge >= 0.3 is 0 Å². The van der Waals surface area contributed by atoms with Crippen LogP contribution in [0.2, 0.25) is 0 Å². The molecular weight excluding hydrogens is 256 g/mol. The fourth-order valence-electron chi connectivity index (χ4n) is 1.29. The van der Waals surface area contributed by atoms with Crippen molar-refractivity contribution >= 4 is 22.6 Å². The van der Waals surface area contributed by atoms with Gasteiger partial charge < -0.3 is 5.32 Å². The molecule has 0 atom stereocenters. The summed E-state index contributed by atoms with van der Waals surface area (Å²) in [5.74, 6) is -0.104. The Kier molecular flexibility index (Phi) is 1.85. The molecule has 11 heavy (non-hydrogen) atoms. The number of hydrogen-bond acceptors (Lipinski definition) is 1. The first-order valence-corrected chi connectivity index (χ1v) is 4.53. The maximum Gasteiger partial charge on any atom is 0.136 e. The molecule has 1 N–H and O–H groups in total. The van der Waals surface area contributed by atoms with E-state index < -0.39 is 0 Å². The Morgan fingerprint density at radius 1 is 1.27 bits per heavy atom. The molecule has 0 saturated heterocycles. The molecule has 0 unspecified atom stereocenters. The topological polar surface area (TPSA) is 12.0 Å². The van der Waals surface area contributed by atoms with Crippen LogP contribution >= 0.6 is 22.6 Å². The Hall–Kier alpha value is -0.160. The van der Waals surface area contributed by atoms with Gasteiger partial charge in [-0.05, 0) is 45.9 Å². The van der Waals surface area contributed by atoms with Gasteiger partial charge in [0, 0.05) is 16.7 Å². The van der Waals surface area contributed by atoms with E-state index >= 15 is 0 Å². The molecule has 0 bridgehead atoms. The van der Waals surface area contributed by atoms with Crippen LogP contribution in [0.25, 0.3) is 0 Å². The average Bonchev–Trinajstić information content (AvgIpc) is 2.36. The van der Waals surface area contributed by atoms with Crippen molar-refractivity contribution < 1.29 is 4.39 Å². The first-order chi connectivity index (χ1) is 5.27. The minimum atomic E-state index is -0.104. The van der Waals surface area contributed by atoms with E-state index in [1.54, 1.807) is 6.07 Å². The lowest BCUT2D eigenvalue weighted by Gasteiger charge is -1.98. The van der Waals surface area contributed by atoms with E-state index in [9.17, 15) is 4.39 Å². The molecule has 1 aliphatic rings. The van der Waals surface area contributed by atoms with Crippen molar-refractivity contribution in [2.24, 2.45) is 0 Å². The van der Waals surface area contributed by atoms with Crippen molar-refractivity contribution in [1.82, 2.24) is 5.32 Å². The number of fused-ring (bicyclic) bond motifs is 1. The van der Waals surface area contributed by atoms with Crippen LogP contribution < -0.4 is 5.32 Å². The van der Waals surface area contributed by atoms with Gasteiger partial charge in [0.15, 0.2) is 0 Å². The first-order valence-electron chi connectivity index (χ1n) is 3.45. The molecular formula is C8H7FIN. The van der Waals surface area contributed by atoms with Crippen LogP contribution in [-0.2, 0) is 13.1 Å². The predicted octanol–water partition coefficient (Wildman–Crippen LogP) is 2.03. The molecule has 1 aliphatic heterocycles. The zero-order chi connectivity index (χ0) is 7.84. The van der Waals surface area contributed by atoms with Crippen molar-refractivity contribution in [3.8, 4) is 0 Å². The second-order valence-corrected chi connectivity index (χ2v) is 3.80. The first kappa shape index (κ1) is 7.49. The van der Waals surface area contributed by atoms with Crippen molar-refractivity contribution in [2.45, 2.75) is 13.1 Å². The van der Waals surface area contributed by atoms with E-state index in [-0.39, 0.29) is 5.82 Å². The summed E-state index contributed by atoms with van der Waals surface area (Å²) < 4.78 is 13.7. The van der Waals surface area contributed by atoms with Gasteiger partial charge in [-0.25, -0.2) is 4.39 Å². The van der Waals surface area contributed by atoms with Crippen LogP contribution in [0.5, 0.6) is 0 Å². The van der Waals surface area contributed by atoms with Gasteiger partial charge in [-0.3, -0.25) is 0 Å². The van der Waals surface area contributed by atoms with Crippen molar-refractivity contribution in [2.75, 3.05) is 0 Å². The van der Waals surface area contributed by atoms with E-state index in [2.05, 4.69) is 5.32 Å². The highest BCUT2D eigenvalue weighted by Gasteiger charge is 2.12. The van der Waals surface area contributed by atoms with Gasteiger partial charge in [0.2, 0.25) is 0 Å². The van der Waals surface area contributed by atoms with Gasteiger partial charge in [-0.1, -0.05) is 0 Å². The lowest BCUT2D eigenvalue weighted by atomic mass is 10.1. The number of halogens is 2. The molecule has 0 aliphatic carbocycles. The van der Waals surface area contributed by atoms with E-state index in [1.807, 2.05) is 28.7 Å². The molecule has 0 aromatic heterocycles. The van der Waals surface area contributed by atoms with E-state index in [4.69, 9.17) is 0 Å². The summed E-state index contributed by atoms with van der Waals surface area (Å²) in [5.41, 5.74) is 2.33. The van der Waals surface area contributed by atoms with Gasteiger partial charge in [-0.2, -0.15) is 0 Å². The van der Waals surface area contributed by atoms with Crippen LogP contribution in [-0.4, -0.2) is 0 Å². The quantitative estimate of drug-likeness (QED) is 0.706. The Morgan fingerprint density at radius 3 is 2.64 bits per heavy atom. The molecule has 1 aromatic carbocycles. The summed E-state index contributed by atoms with van der Waals surface area (Å²) in [6.45, 7) is 1.69. The van der Waals surface area contributed by atoms with Crippen molar-refractivity contribution in [1.29, 1.82) is 0 Å². The van der Waals surface area contributed by atoms with Crippen LogP contribution in [0, 0.1) is 9.39 Å². The van der Waals surface area contributed by atoms with Crippen LogP contribution in [0.4, 0.5) is 4.39 Å². The molecule has 0 saturated carbocycles. The number of rotatable bonds is 0. The van der Waals surface area contributed by atoms with Gasteiger partial charge in [-0.15, -0.1) is 0 Å². The SMILES string of the molecule is Fc1cc2c(cc1I)CNC2. The third-order valence-corrected chi connectivity index (χ3v) is 2.70. The fourth-order valence-corrected chi connectivity index (χ4v) is 1.82. The molecule has 0 amide bonds. The molecule has 2 rings (SSSR count). The summed E-state index contributed by atoms with van der Waals surface area (Å²) in [7, 11) is 0. The lowest BCUT2D eigenvalue weighted by molar-refractivity contribution is 0.618. The third-order valence-electron chi connectivity index (χ3n) is 1.87. The molecule has 58 valence electrons.